The van der Waals surface area contributed by atoms with Gasteiger partial charge in [0.1, 0.15) is 10.0 Å². The number of imidazole rings is 1. The maximum Gasteiger partial charge on any atom is 0.350 e. The molecule has 2 heterocycles. The molecule has 0 fully saturated rings. The van der Waals surface area contributed by atoms with Crippen molar-refractivity contribution in [2.75, 3.05) is 6.61 Å². The van der Waals surface area contributed by atoms with Crippen LogP contribution in [-0.4, -0.2) is 22.0 Å². The Kier molecular flexibility index (Phi) is 2.67. The number of rotatable bonds is 2. The summed E-state index contributed by atoms with van der Waals surface area (Å²) in [5, 5.41) is 0.509. The molecule has 0 unspecified atom stereocenters. The molecular weight excluding hydrogens is 236 g/mol. The van der Waals surface area contributed by atoms with E-state index in [4.69, 9.17) is 16.3 Å². The fourth-order valence-corrected chi connectivity index (χ4v) is 2.65. The van der Waals surface area contributed by atoms with Crippen molar-refractivity contribution >= 4 is 33.9 Å². The summed E-state index contributed by atoms with van der Waals surface area (Å²) in [6.45, 7) is 3.97. The molecule has 0 aliphatic heterocycles. The fraction of sp³-hybridized carbons (Fsp3) is 0.333. The van der Waals surface area contributed by atoms with Crippen molar-refractivity contribution < 1.29 is 9.53 Å². The maximum absolute atomic E-state index is 11.5. The van der Waals surface area contributed by atoms with Crippen molar-refractivity contribution in [1.29, 1.82) is 0 Å². The molecule has 0 saturated heterocycles. The second-order valence-corrected chi connectivity index (χ2v) is 4.30. The van der Waals surface area contributed by atoms with E-state index in [2.05, 4.69) is 4.98 Å². The molecule has 0 N–H and O–H groups in total. The van der Waals surface area contributed by atoms with Crippen LogP contribution in [0, 0.1) is 6.92 Å². The Balaban J connectivity index is 2.53. The second kappa shape index (κ2) is 3.83. The molecule has 0 aliphatic rings. The number of thiazole rings is 1. The molecule has 15 heavy (non-hydrogen) atoms. The Bertz CT molecular complexity index is 517. The maximum atomic E-state index is 11.5. The summed E-state index contributed by atoms with van der Waals surface area (Å²) in [5.74, 6) is -0.318. The van der Waals surface area contributed by atoms with Crippen LogP contribution in [0.2, 0.25) is 5.15 Å². The molecule has 6 heteroatoms. The van der Waals surface area contributed by atoms with Crippen LogP contribution in [0.3, 0.4) is 0 Å². The van der Waals surface area contributed by atoms with E-state index >= 15 is 0 Å². The summed E-state index contributed by atoms with van der Waals surface area (Å²) >= 11 is 7.21. The van der Waals surface area contributed by atoms with Crippen LogP contribution < -0.4 is 0 Å². The van der Waals surface area contributed by atoms with Gasteiger partial charge in [-0.2, -0.15) is 0 Å². The van der Waals surface area contributed by atoms with E-state index in [0.29, 0.717) is 21.6 Å². The van der Waals surface area contributed by atoms with Gasteiger partial charge in [-0.15, -0.1) is 0 Å². The van der Waals surface area contributed by atoms with Gasteiger partial charge in [0.15, 0.2) is 4.96 Å². The number of aromatic nitrogens is 2. The third-order valence-corrected chi connectivity index (χ3v) is 3.41. The highest BCUT2D eigenvalue weighted by Crippen LogP contribution is 2.26. The van der Waals surface area contributed by atoms with Crippen LogP contribution in [0.15, 0.2) is 6.20 Å². The summed E-state index contributed by atoms with van der Waals surface area (Å²) in [6.07, 6.45) is 1.56. The van der Waals surface area contributed by atoms with Crippen LogP contribution >= 0.6 is 22.9 Å². The zero-order valence-corrected chi connectivity index (χ0v) is 9.85. The van der Waals surface area contributed by atoms with E-state index in [1.54, 1.807) is 17.5 Å². The van der Waals surface area contributed by atoms with Gasteiger partial charge in [-0.05, 0) is 13.8 Å². The SMILES string of the molecule is CCOC(=O)c1sc2ncc(Cl)n2c1C. The minimum atomic E-state index is -0.318. The van der Waals surface area contributed by atoms with Gasteiger partial charge in [0.2, 0.25) is 0 Å². The van der Waals surface area contributed by atoms with Crippen LogP contribution in [0.1, 0.15) is 22.3 Å². The number of carbonyl (C=O) groups is 1. The summed E-state index contributed by atoms with van der Waals surface area (Å²) in [4.78, 5) is 16.9. The van der Waals surface area contributed by atoms with Gasteiger partial charge in [-0.1, -0.05) is 22.9 Å². The second-order valence-electron chi connectivity index (χ2n) is 2.94. The number of fused-ring (bicyclic) bond motifs is 1. The molecular formula is C9H9ClN2O2S. The summed E-state index contributed by atoms with van der Waals surface area (Å²) in [5.41, 5.74) is 0.774. The average molecular weight is 245 g/mol. The van der Waals surface area contributed by atoms with Gasteiger partial charge in [0, 0.05) is 5.69 Å². The van der Waals surface area contributed by atoms with Crippen molar-refractivity contribution in [3.8, 4) is 0 Å². The molecule has 2 aromatic heterocycles. The number of aryl methyl sites for hydroxylation is 1. The number of ether oxygens (including phenoxy) is 1. The largest absolute Gasteiger partial charge is 0.462 e. The minimum Gasteiger partial charge on any atom is -0.462 e. The first-order valence-corrected chi connectivity index (χ1v) is 5.64. The van der Waals surface area contributed by atoms with Gasteiger partial charge in [0.25, 0.3) is 0 Å². The van der Waals surface area contributed by atoms with Crippen LogP contribution in [0.25, 0.3) is 4.96 Å². The molecule has 0 radical (unpaired) electrons. The van der Waals surface area contributed by atoms with Crippen LogP contribution in [-0.2, 0) is 4.74 Å². The van der Waals surface area contributed by atoms with Crippen molar-refractivity contribution in [2.45, 2.75) is 13.8 Å². The molecule has 2 rings (SSSR count). The summed E-state index contributed by atoms with van der Waals surface area (Å²) < 4.78 is 6.67. The highest BCUT2D eigenvalue weighted by Gasteiger charge is 2.18. The predicted octanol–water partition coefficient (Wildman–Crippen LogP) is 2.53. The van der Waals surface area contributed by atoms with Crippen LogP contribution in [0.4, 0.5) is 0 Å². The number of hydrogen-bond acceptors (Lipinski definition) is 4. The number of nitrogens with zero attached hydrogens (tertiary/aromatic N) is 2. The van der Waals surface area contributed by atoms with E-state index in [9.17, 15) is 4.79 Å². The van der Waals surface area contributed by atoms with Crippen molar-refractivity contribution in [2.24, 2.45) is 0 Å². The molecule has 80 valence electrons. The Morgan fingerprint density at radius 1 is 1.73 bits per heavy atom. The Labute approximate surface area is 95.4 Å². The first-order chi connectivity index (χ1) is 7.15. The number of esters is 1. The van der Waals surface area contributed by atoms with Crippen molar-refractivity contribution in [3.05, 3.63) is 21.9 Å². The molecule has 0 atom stereocenters. The number of hydrogen-bond donors (Lipinski definition) is 0. The Morgan fingerprint density at radius 3 is 3.07 bits per heavy atom. The van der Waals surface area contributed by atoms with Crippen molar-refractivity contribution in [1.82, 2.24) is 9.38 Å². The standard InChI is InChI=1S/C9H9ClN2O2S/c1-3-14-8(13)7-5(2)12-6(10)4-11-9(12)15-7/h4H,3H2,1-2H3. The highest BCUT2D eigenvalue weighted by molar-refractivity contribution is 7.19. The average Bonchev–Trinajstić information content (AvgIpc) is 2.70. The topological polar surface area (TPSA) is 43.6 Å². The van der Waals surface area contributed by atoms with Gasteiger partial charge in [-0.25, -0.2) is 9.78 Å². The lowest BCUT2D eigenvalue weighted by atomic mass is 10.4. The fourth-order valence-electron chi connectivity index (χ4n) is 1.34. The Morgan fingerprint density at radius 2 is 2.47 bits per heavy atom. The number of halogens is 1. The lowest BCUT2D eigenvalue weighted by Gasteiger charge is -1.99. The third kappa shape index (κ3) is 1.61. The van der Waals surface area contributed by atoms with E-state index in [-0.39, 0.29) is 5.97 Å². The van der Waals surface area contributed by atoms with Crippen molar-refractivity contribution in [3.63, 3.8) is 0 Å². The lowest BCUT2D eigenvalue weighted by molar-refractivity contribution is 0.0531. The van der Waals surface area contributed by atoms with E-state index in [1.165, 1.54) is 11.3 Å². The minimum absolute atomic E-state index is 0.318. The smallest absolute Gasteiger partial charge is 0.350 e. The molecule has 0 bridgehead atoms. The zero-order chi connectivity index (χ0) is 11.0. The van der Waals surface area contributed by atoms with E-state index in [1.807, 2.05) is 6.92 Å². The first-order valence-electron chi connectivity index (χ1n) is 4.44. The molecule has 0 spiro atoms. The predicted molar refractivity (Wildman–Crippen MR) is 58.8 cm³/mol. The molecule has 0 saturated carbocycles. The Hall–Kier alpha value is -1.07. The van der Waals surface area contributed by atoms with Gasteiger partial charge >= 0.3 is 5.97 Å². The van der Waals surface area contributed by atoms with E-state index < -0.39 is 0 Å². The van der Waals surface area contributed by atoms with Gasteiger partial charge < -0.3 is 4.74 Å². The molecule has 0 aromatic carbocycles. The summed E-state index contributed by atoms with van der Waals surface area (Å²) in [6, 6.07) is 0. The van der Waals surface area contributed by atoms with Gasteiger partial charge in [-0.3, -0.25) is 4.40 Å². The monoisotopic (exact) mass is 244 g/mol. The van der Waals surface area contributed by atoms with Gasteiger partial charge in [0.05, 0.1) is 12.8 Å². The third-order valence-electron chi connectivity index (χ3n) is 2.00. The molecule has 0 aliphatic carbocycles. The molecule has 2 aromatic rings. The quantitative estimate of drug-likeness (QED) is 0.763. The normalized spacial score (nSPS) is 10.9. The molecule has 4 nitrogen and oxygen atoms in total. The highest BCUT2D eigenvalue weighted by atomic mass is 35.5. The van der Waals surface area contributed by atoms with E-state index in [0.717, 1.165) is 5.69 Å². The van der Waals surface area contributed by atoms with Crippen LogP contribution in [0.5, 0.6) is 0 Å². The first kappa shape index (κ1) is 10.4. The number of carbonyl (C=O) groups excluding carboxylic acids is 1. The molecule has 0 amide bonds. The zero-order valence-electron chi connectivity index (χ0n) is 8.28. The lowest BCUT2D eigenvalue weighted by Crippen LogP contribution is -2.04. The summed E-state index contributed by atoms with van der Waals surface area (Å²) in [7, 11) is 0.